The second kappa shape index (κ2) is 4.36. The Morgan fingerprint density at radius 1 is 1.36 bits per heavy atom. The van der Waals surface area contributed by atoms with Gasteiger partial charge in [0.05, 0.1) is 0 Å². The summed E-state index contributed by atoms with van der Waals surface area (Å²) in [5.74, 6) is 0. The Kier molecular flexibility index (Phi) is 4.03. The van der Waals surface area contributed by atoms with E-state index in [2.05, 4.69) is 50.1 Å². The van der Waals surface area contributed by atoms with Crippen molar-refractivity contribution in [2.45, 2.75) is 14.3 Å². The highest BCUT2D eigenvalue weighted by molar-refractivity contribution is 14.2. The molecule has 2 nitrogen and oxygen atoms in total. The third kappa shape index (κ3) is 3.54. The molecule has 0 aromatic heterocycles. The van der Waals surface area contributed by atoms with Crippen molar-refractivity contribution in [2.24, 2.45) is 0 Å². The summed E-state index contributed by atoms with van der Waals surface area (Å²) in [6, 6.07) is 0. The van der Waals surface area contributed by atoms with Crippen LogP contribution >= 0.6 is 45.2 Å². The summed E-state index contributed by atoms with van der Waals surface area (Å²) in [4.78, 5) is 12.9. The molecule has 0 amide bonds. The summed E-state index contributed by atoms with van der Waals surface area (Å²) in [7, 11) is 0. The average molecular weight is 379 g/mol. The molecule has 64 valence electrons. The van der Waals surface area contributed by atoms with Crippen molar-refractivity contribution in [2.75, 3.05) is 19.6 Å². The minimum atomic E-state index is -0.208. The van der Waals surface area contributed by atoms with Crippen LogP contribution < -0.4 is 0 Å². The average Bonchev–Trinajstić information content (AvgIpc) is 2.39. The lowest BCUT2D eigenvalue weighted by Crippen LogP contribution is -2.33. The molecule has 0 bridgehead atoms. The Bertz CT molecular complexity index is 143. The zero-order chi connectivity index (χ0) is 8.32. The molecule has 0 spiro atoms. The number of rotatable bonds is 3. The van der Waals surface area contributed by atoms with E-state index in [0.29, 0.717) is 0 Å². The van der Waals surface area contributed by atoms with Crippen LogP contribution in [-0.2, 0) is 4.79 Å². The van der Waals surface area contributed by atoms with Gasteiger partial charge in [0, 0.05) is 6.54 Å². The fourth-order valence-electron chi connectivity index (χ4n) is 1.28. The monoisotopic (exact) mass is 379 g/mol. The van der Waals surface area contributed by atoms with Crippen LogP contribution in [0.5, 0.6) is 0 Å². The Labute approximate surface area is 94.4 Å². The molecule has 1 fully saturated rings. The first-order valence-electron chi connectivity index (χ1n) is 3.70. The molecule has 0 atom stereocenters. The summed E-state index contributed by atoms with van der Waals surface area (Å²) in [5.41, 5.74) is 0. The minimum absolute atomic E-state index is 0.208. The third-order valence-electron chi connectivity index (χ3n) is 1.81. The van der Waals surface area contributed by atoms with Gasteiger partial charge in [-0.25, -0.2) is 0 Å². The molecule has 1 rings (SSSR count). The van der Waals surface area contributed by atoms with Crippen molar-refractivity contribution in [1.82, 2.24) is 4.90 Å². The van der Waals surface area contributed by atoms with Gasteiger partial charge in [0.1, 0.15) is 7.71 Å². The Morgan fingerprint density at radius 3 is 2.36 bits per heavy atom. The van der Waals surface area contributed by atoms with Gasteiger partial charge >= 0.3 is 0 Å². The lowest BCUT2D eigenvalue weighted by molar-refractivity contribution is -0.107. The number of likely N-dealkylation sites (tertiary alicyclic amines) is 1. The van der Waals surface area contributed by atoms with Crippen molar-refractivity contribution in [3.63, 3.8) is 0 Å². The maximum atomic E-state index is 10.6. The zero-order valence-electron chi connectivity index (χ0n) is 6.22. The molecule has 1 aliphatic heterocycles. The van der Waals surface area contributed by atoms with Crippen LogP contribution in [0.15, 0.2) is 0 Å². The molecule has 0 N–H and O–H groups in total. The van der Waals surface area contributed by atoms with Crippen LogP contribution in [0.3, 0.4) is 0 Å². The third-order valence-corrected chi connectivity index (χ3v) is 3.00. The summed E-state index contributed by atoms with van der Waals surface area (Å²) >= 11 is 4.41. The standard InChI is InChI=1S/C7H11I2NO/c8-7(9,6-11)5-10-3-1-2-4-10/h6H,1-5H2. The van der Waals surface area contributed by atoms with Crippen molar-refractivity contribution in [1.29, 1.82) is 0 Å². The quantitative estimate of drug-likeness (QED) is 0.424. The number of alkyl halides is 2. The van der Waals surface area contributed by atoms with Crippen LogP contribution in [-0.4, -0.2) is 32.2 Å². The van der Waals surface area contributed by atoms with E-state index in [4.69, 9.17) is 0 Å². The van der Waals surface area contributed by atoms with Crippen LogP contribution in [0.25, 0.3) is 0 Å². The normalized spacial score (nSPS) is 20.5. The van der Waals surface area contributed by atoms with Gasteiger partial charge in [-0.1, -0.05) is 45.2 Å². The zero-order valence-corrected chi connectivity index (χ0v) is 10.5. The highest BCUT2D eigenvalue weighted by Crippen LogP contribution is 2.27. The van der Waals surface area contributed by atoms with Crippen LogP contribution in [0.4, 0.5) is 0 Å². The first kappa shape index (κ1) is 10.2. The van der Waals surface area contributed by atoms with E-state index in [0.717, 1.165) is 12.8 Å². The van der Waals surface area contributed by atoms with Crippen molar-refractivity contribution in [3.8, 4) is 0 Å². The van der Waals surface area contributed by atoms with Gasteiger partial charge in [0.15, 0.2) is 0 Å². The maximum Gasteiger partial charge on any atom is 0.147 e. The molecule has 0 aliphatic carbocycles. The summed E-state index contributed by atoms with van der Waals surface area (Å²) in [6.07, 6.45) is 3.62. The molecule has 1 aliphatic rings. The van der Waals surface area contributed by atoms with E-state index >= 15 is 0 Å². The lowest BCUT2D eigenvalue weighted by atomic mass is 10.4. The molecule has 1 heterocycles. The van der Waals surface area contributed by atoms with E-state index in [1.807, 2.05) is 0 Å². The predicted octanol–water partition coefficient (Wildman–Crippen LogP) is 1.85. The first-order chi connectivity index (χ1) is 5.14. The largest absolute Gasteiger partial charge is 0.301 e. The number of hydrogen-bond acceptors (Lipinski definition) is 2. The summed E-state index contributed by atoms with van der Waals surface area (Å²) in [6.45, 7) is 3.24. The molecule has 0 unspecified atom stereocenters. The van der Waals surface area contributed by atoms with Gasteiger partial charge in [-0.2, -0.15) is 0 Å². The van der Waals surface area contributed by atoms with E-state index in [1.165, 1.54) is 25.9 Å². The second-order valence-electron chi connectivity index (χ2n) is 2.86. The molecule has 4 heteroatoms. The smallest absolute Gasteiger partial charge is 0.147 e. The van der Waals surface area contributed by atoms with Crippen LogP contribution in [0.2, 0.25) is 0 Å². The number of halogens is 2. The van der Waals surface area contributed by atoms with Crippen LogP contribution in [0, 0.1) is 0 Å². The van der Waals surface area contributed by atoms with Gasteiger partial charge in [-0.05, 0) is 25.9 Å². The SMILES string of the molecule is O=CC(I)(I)CN1CCCC1. The fourth-order valence-corrected chi connectivity index (χ4v) is 2.24. The number of carbonyl (C=O) groups excluding carboxylic acids is 1. The van der Waals surface area contributed by atoms with Gasteiger partial charge in [-0.15, -0.1) is 0 Å². The van der Waals surface area contributed by atoms with Gasteiger partial charge in [-0.3, -0.25) is 0 Å². The highest BCUT2D eigenvalue weighted by atomic mass is 127. The number of aldehydes is 1. The lowest BCUT2D eigenvalue weighted by Gasteiger charge is -2.21. The number of carbonyl (C=O) groups is 1. The highest BCUT2D eigenvalue weighted by Gasteiger charge is 2.26. The fraction of sp³-hybridized carbons (Fsp3) is 0.857. The molecule has 0 radical (unpaired) electrons. The molecule has 0 aromatic rings. The van der Waals surface area contributed by atoms with Crippen LogP contribution in [0.1, 0.15) is 12.8 Å². The Morgan fingerprint density at radius 2 is 1.91 bits per heavy atom. The molecular formula is C7H11I2NO. The Balaban J connectivity index is 2.33. The number of nitrogens with zero attached hydrogens (tertiary/aromatic N) is 1. The molecule has 0 saturated carbocycles. The summed E-state index contributed by atoms with van der Waals surface area (Å²) < 4.78 is -0.208. The second-order valence-corrected chi connectivity index (χ2v) is 8.78. The molecule has 1 saturated heterocycles. The predicted molar refractivity (Wildman–Crippen MR) is 62.5 cm³/mol. The van der Waals surface area contributed by atoms with E-state index in [1.54, 1.807) is 0 Å². The first-order valence-corrected chi connectivity index (χ1v) is 5.86. The van der Waals surface area contributed by atoms with Gasteiger partial charge in [0.2, 0.25) is 0 Å². The van der Waals surface area contributed by atoms with Crippen molar-refractivity contribution in [3.05, 3.63) is 0 Å². The molecular weight excluding hydrogens is 368 g/mol. The summed E-state index contributed by atoms with van der Waals surface area (Å²) in [5, 5.41) is 0. The van der Waals surface area contributed by atoms with E-state index in [-0.39, 0.29) is 1.43 Å². The van der Waals surface area contributed by atoms with Crippen molar-refractivity contribution < 1.29 is 4.79 Å². The Hall–Kier alpha value is 1.09. The molecule has 11 heavy (non-hydrogen) atoms. The minimum Gasteiger partial charge on any atom is -0.301 e. The molecule has 0 aromatic carbocycles. The van der Waals surface area contributed by atoms with E-state index < -0.39 is 0 Å². The van der Waals surface area contributed by atoms with Gasteiger partial charge in [0.25, 0.3) is 0 Å². The van der Waals surface area contributed by atoms with Gasteiger partial charge < -0.3 is 9.69 Å². The van der Waals surface area contributed by atoms with Crippen molar-refractivity contribution >= 4 is 51.5 Å². The number of hydrogen-bond donors (Lipinski definition) is 0. The van der Waals surface area contributed by atoms with E-state index in [9.17, 15) is 4.79 Å². The topological polar surface area (TPSA) is 20.3 Å². The maximum absolute atomic E-state index is 10.6.